The zero-order valence-electron chi connectivity index (χ0n) is 22.1. The molecule has 3 rings (SSSR count). The van der Waals surface area contributed by atoms with Crippen molar-refractivity contribution >= 4 is 29.4 Å². The van der Waals surface area contributed by atoms with Crippen molar-refractivity contribution in [2.75, 3.05) is 33.0 Å². The summed E-state index contributed by atoms with van der Waals surface area (Å²) in [5, 5.41) is 6.30. The minimum absolute atomic E-state index is 0.127. The quantitative estimate of drug-likeness (QED) is 0.457. The summed E-state index contributed by atoms with van der Waals surface area (Å²) < 4.78 is 18.5. The lowest BCUT2D eigenvalue weighted by atomic mass is 9.99. The second-order valence-electron chi connectivity index (χ2n) is 8.99. The van der Waals surface area contributed by atoms with E-state index >= 15 is 0 Å². The monoisotopic (exact) mass is 557 g/mol. The Morgan fingerprint density at radius 2 is 1.95 bits per heavy atom. The van der Waals surface area contributed by atoms with Gasteiger partial charge in [0.05, 0.1) is 38.8 Å². The minimum atomic E-state index is -0.856. The molecule has 9 nitrogen and oxygen atoms in total. The predicted octanol–water partition coefficient (Wildman–Crippen LogP) is 3.48. The molecule has 1 aromatic carbocycles. The number of rotatable bonds is 9. The molecule has 2 amide bonds. The molecule has 2 atom stereocenters. The number of fused-ring (bicyclic) bond motifs is 2. The Hall–Kier alpha value is -3.56. The predicted molar refractivity (Wildman–Crippen MR) is 148 cm³/mol. The molecular formula is C29H36ClN3O6. The van der Waals surface area contributed by atoms with Crippen molar-refractivity contribution < 1.29 is 28.6 Å². The number of carbonyl (C=O) groups excluding carboxylic acids is 3. The first kappa shape index (κ1) is 30.0. The van der Waals surface area contributed by atoms with Gasteiger partial charge in [-0.2, -0.15) is 0 Å². The van der Waals surface area contributed by atoms with Crippen LogP contribution in [0.4, 0.5) is 0 Å². The third kappa shape index (κ3) is 11.0. The first-order chi connectivity index (χ1) is 18.9. The van der Waals surface area contributed by atoms with Crippen LogP contribution in [0.25, 0.3) is 0 Å². The topological polar surface area (TPSA) is 108 Å². The highest BCUT2D eigenvalue weighted by Crippen LogP contribution is 2.18. The van der Waals surface area contributed by atoms with Gasteiger partial charge in [-0.15, -0.1) is 0 Å². The highest BCUT2D eigenvalue weighted by molar-refractivity contribution is 6.30. The van der Waals surface area contributed by atoms with Gasteiger partial charge in [0.1, 0.15) is 11.8 Å². The zero-order chi connectivity index (χ0) is 27.9. The molecule has 2 heterocycles. The number of nitrogens with zero attached hydrogens (tertiary/aromatic N) is 1. The van der Waals surface area contributed by atoms with Gasteiger partial charge in [0.15, 0.2) is 0 Å². The van der Waals surface area contributed by atoms with Gasteiger partial charge in [0.25, 0.3) is 0 Å². The molecule has 210 valence electrons. The van der Waals surface area contributed by atoms with Gasteiger partial charge < -0.3 is 29.4 Å². The first-order valence-corrected chi connectivity index (χ1v) is 13.5. The van der Waals surface area contributed by atoms with E-state index in [-0.39, 0.29) is 38.4 Å². The van der Waals surface area contributed by atoms with Crippen molar-refractivity contribution in [3.05, 3.63) is 77.6 Å². The van der Waals surface area contributed by atoms with Gasteiger partial charge in [-0.1, -0.05) is 35.9 Å². The van der Waals surface area contributed by atoms with Crippen molar-refractivity contribution in [3.8, 4) is 5.75 Å². The second kappa shape index (κ2) is 16.4. The Bertz CT molecular complexity index is 1140. The molecule has 2 N–H and O–H groups in total. The Labute approximate surface area is 234 Å². The number of amides is 2. The molecule has 0 aliphatic carbocycles. The molecule has 39 heavy (non-hydrogen) atoms. The Balaban J connectivity index is 1.78. The molecule has 1 aliphatic heterocycles. The van der Waals surface area contributed by atoms with Crippen molar-refractivity contribution in [2.45, 2.75) is 38.8 Å². The van der Waals surface area contributed by atoms with Crippen molar-refractivity contribution in [3.63, 3.8) is 0 Å². The van der Waals surface area contributed by atoms with E-state index in [1.54, 1.807) is 31.2 Å². The highest BCUT2D eigenvalue weighted by atomic mass is 35.5. The number of carbonyl (C=O) groups is 3. The molecule has 2 bridgehead atoms. The van der Waals surface area contributed by atoms with Crippen LogP contribution in [0, 0.1) is 5.92 Å². The number of nitrogens with one attached hydrogen (secondary N) is 2. The minimum Gasteiger partial charge on any atom is -0.494 e. The molecule has 0 saturated carbocycles. The van der Waals surface area contributed by atoms with Crippen LogP contribution in [0.5, 0.6) is 5.75 Å². The van der Waals surface area contributed by atoms with Gasteiger partial charge in [-0.3, -0.25) is 14.4 Å². The number of ether oxygens (including phenoxy) is 3. The molecule has 0 radical (unpaired) electrons. The molecular weight excluding hydrogens is 522 g/mol. The molecule has 1 unspecified atom stereocenters. The summed E-state index contributed by atoms with van der Waals surface area (Å²) in [6.45, 7) is 3.93. The van der Waals surface area contributed by atoms with E-state index in [0.717, 1.165) is 5.56 Å². The number of hydrogen-bond donors (Lipinski definition) is 2. The fourth-order valence-corrected chi connectivity index (χ4v) is 4.13. The van der Waals surface area contributed by atoms with E-state index in [9.17, 15) is 14.4 Å². The summed E-state index contributed by atoms with van der Waals surface area (Å²) in [4.78, 5) is 38.9. The van der Waals surface area contributed by atoms with Crippen LogP contribution < -0.4 is 15.4 Å². The summed E-state index contributed by atoms with van der Waals surface area (Å²) in [5.41, 5.74) is 0.847. The maximum Gasteiger partial charge on any atom is 0.306 e. The van der Waals surface area contributed by atoms with E-state index in [0.29, 0.717) is 37.1 Å². The summed E-state index contributed by atoms with van der Waals surface area (Å²) in [6.07, 6.45) is 4.26. The van der Waals surface area contributed by atoms with E-state index in [2.05, 4.69) is 10.6 Å². The third-order valence-corrected chi connectivity index (χ3v) is 6.25. The second-order valence-corrected chi connectivity index (χ2v) is 9.43. The molecule has 0 saturated heterocycles. The average Bonchev–Trinajstić information content (AvgIpc) is 3.02. The largest absolute Gasteiger partial charge is 0.494 e. The van der Waals surface area contributed by atoms with Crippen LogP contribution in [0.3, 0.4) is 0 Å². The van der Waals surface area contributed by atoms with Crippen molar-refractivity contribution in [1.29, 1.82) is 0 Å². The summed E-state index contributed by atoms with van der Waals surface area (Å²) in [6, 6.07) is 15.5. The molecule has 0 spiro atoms. The van der Waals surface area contributed by atoms with Gasteiger partial charge in [0, 0.05) is 36.9 Å². The van der Waals surface area contributed by atoms with Gasteiger partial charge in [-0.05, 0) is 49.2 Å². The summed E-state index contributed by atoms with van der Waals surface area (Å²) in [7, 11) is 0. The Kier molecular flexibility index (Phi) is 12.6. The third-order valence-electron chi connectivity index (χ3n) is 6.00. The van der Waals surface area contributed by atoms with Crippen LogP contribution in [-0.2, 0) is 36.8 Å². The van der Waals surface area contributed by atoms with E-state index in [4.69, 9.17) is 25.8 Å². The van der Waals surface area contributed by atoms with Crippen molar-refractivity contribution in [1.82, 2.24) is 15.2 Å². The van der Waals surface area contributed by atoms with E-state index in [1.807, 2.05) is 47.3 Å². The number of benzene rings is 1. The maximum atomic E-state index is 13.4. The van der Waals surface area contributed by atoms with Crippen LogP contribution >= 0.6 is 11.6 Å². The van der Waals surface area contributed by atoms with Crippen LogP contribution in [0.1, 0.15) is 25.3 Å². The normalized spacial score (nSPS) is 16.4. The first-order valence-electron chi connectivity index (χ1n) is 13.1. The molecule has 1 aromatic heterocycles. The smallest absolute Gasteiger partial charge is 0.306 e. The number of esters is 1. The molecule has 1 aliphatic rings. The Morgan fingerprint density at radius 3 is 2.74 bits per heavy atom. The lowest BCUT2D eigenvalue weighted by Crippen LogP contribution is -2.50. The number of halogens is 1. The highest BCUT2D eigenvalue weighted by Gasteiger charge is 2.28. The fraction of sp³-hybridized carbons (Fsp3) is 0.414. The van der Waals surface area contributed by atoms with Gasteiger partial charge >= 0.3 is 5.97 Å². The maximum absolute atomic E-state index is 13.4. The number of aromatic nitrogens is 1. The lowest BCUT2D eigenvalue weighted by Gasteiger charge is -2.23. The summed E-state index contributed by atoms with van der Waals surface area (Å²) in [5.74, 6) is -1.38. The molecule has 10 heteroatoms. The zero-order valence-corrected chi connectivity index (χ0v) is 22.9. The fourth-order valence-electron chi connectivity index (χ4n) is 4.00. The van der Waals surface area contributed by atoms with Crippen molar-refractivity contribution in [2.24, 2.45) is 5.92 Å². The SMILES string of the molecule is CCOC(=O)C[C@@H](CCOc1ccc(Cl)cc1)C(=O)NC1Cc2ccccccn(c2)CCOCCNC1=O. The van der Waals surface area contributed by atoms with Crippen LogP contribution in [-0.4, -0.2) is 61.4 Å². The standard InChI is InChI=1S/C29H36ClN3O6/c1-2-38-27(34)20-23(12-16-39-25-10-8-24(30)9-11-25)28(35)32-26-19-22-7-5-3-4-6-14-33(21-22)15-18-37-17-13-31-29(26)36/h3-11,14,21,23,26H,2,12-13,15-20H2,1H3,(H,31,36)(H,32,35)/t23-,26?/m1/s1. The molecule has 0 fully saturated rings. The average molecular weight is 558 g/mol. The lowest BCUT2D eigenvalue weighted by molar-refractivity contribution is -0.146. The van der Waals surface area contributed by atoms with Crippen LogP contribution in [0.15, 0.2) is 67.0 Å². The van der Waals surface area contributed by atoms with Gasteiger partial charge in [0.2, 0.25) is 11.8 Å². The number of hydrogen-bond acceptors (Lipinski definition) is 6. The Morgan fingerprint density at radius 1 is 1.15 bits per heavy atom. The van der Waals surface area contributed by atoms with Crippen LogP contribution in [0.2, 0.25) is 5.02 Å². The van der Waals surface area contributed by atoms with E-state index < -0.39 is 23.8 Å². The molecule has 2 aromatic rings. The van der Waals surface area contributed by atoms with E-state index in [1.165, 1.54) is 0 Å². The van der Waals surface area contributed by atoms with Gasteiger partial charge in [-0.25, -0.2) is 0 Å². The summed E-state index contributed by atoms with van der Waals surface area (Å²) >= 11 is 5.93.